The van der Waals surface area contributed by atoms with Crippen LogP contribution in [0.5, 0.6) is 5.75 Å². The van der Waals surface area contributed by atoms with Crippen molar-refractivity contribution in [3.63, 3.8) is 0 Å². The zero-order valence-electron chi connectivity index (χ0n) is 17.5. The van der Waals surface area contributed by atoms with Gasteiger partial charge in [-0.3, -0.25) is 14.2 Å². The molecule has 0 saturated carbocycles. The fraction of sp³-hybridized carbons (Fsp3) is 0.273. The van der Waals surface area contributed by atoms with Gasteiger partial charge in [0.05, 0.1) is 11.5 Å². The van der Waals surface area contributed by atoms with Gasteiger partial charge in [-0.1, -0.05) is 18.7 Å². The van der Waals surface area contributed by atoms with Gasteiger partial charge >= 0.3 is 0 Å². The Kier molecular flexibility index (Phi) is 8.16. The number of aromatic nitrogens is 1. The molecule has 0 atom stereocenters. The maximum Gasteiger partial charge on any atom is 0.261 e. The molecule has 0 aliphatic heterocycles. The second-order valence-electron chi connectivity index (χ2n) is 6.88. The molecular weight excluding hydrogens is 435 g/mol. The molecule has 0 spiro atoms. The van der Waals surface area contributed by atoms with Gasteiger partial charge in [0.15, 0.2) is 9.76 Å². The van der Waals surface area contributed by atoms with Crippen molar-refractivity contribution in [2.75, 3.05) is 13.2 Å². The molecular formula is C22H25FN2O4SSi. The number of ether oxygens (including phenoxy) is 1. The van der Waals surface area contributed by atoms with Crippen molar-refractivity contribution >= 4 is 27.0 Å². The molecule has 1 aromatic carbocycles. The van der Waals surface area contributed by atoms with Crippen molar-refractivity contribution in [3.05, 3.63) is 80.8 Å². The number of amides is 1. The van der Waals surface area contributed by atoms with E-state index in [4.69, 9.17) is 9.16 Å². The van der Waals surface area contributed by atoms with Crippen LogP contribution in [0.4, 0.5) is 4.39 Å². The summed E-state index contributed by atoms with van der Waals surface area (Å²) in [7, 11) is -0.396. The van der Waals surface area contributed by atoms with E-state index in [1.165, 1.54) is 34.1 Å². The summed E-state index contributed by atoms with van der Waals surface area (Å²) in [4.78, 5) is 25.6. The van der Waals surface area contributed by atoms with E-state index in [9.17, 15) is 14.0 Å². The molecule has 3 rings (SSSR count). The van der Waals surface area contributed by atoms with Crippen LogP contribution >= 0.6 is 11.3 Å². The fourth-order valence-electron chi connectivity index (χ4n) is 2.95. The Morgan fingerprint density at radius 1 is 1.23 bits per heavy atom. The summed E-state index contributed by atoms with van der Waals surface area (Å²) in [6.45, 7) is 5.29. The molecule has 1 N–H and O–H groups in total. The maximum absolute atomic E-state index is 13.3. The number of rotatable bonds is 10. The lowest BCUT2D eigenvalue weighted by molar-refractivity contribution is 0.0954. The smallest absolute Gasteiger partial charge is 0.261 e. The van der Waals surface area contributed by atoms with E-state index in [1.54, 1.807) is 30.5 Å². The van der Waals surface area contributed by atoms with Gasteiger partial charge in [0.1, 0.15) is 16.6 Å². The molecule has 0 fully saturated rings. The van der Waals surface area contributed by atoms with Crippen LogP contribution in [0.15, 0.2) is 53.5 Å². The highest BCUT2D eigenvalue weighted by Crippen LogP contribution is 2.25. The standard InChI is InChI=1S/C22H25FN2O4SSi/c1-15-11-20(25-8-7-18(13-19(25)26)28-9-4-10-29-31-2)30-21(15)22(27)24-14-16-5-3-6-17(23)12-16/h3,5-8,11-13H,4,9-10,14,31H2,1-2H3,(H,24,27). The van der Waals surface area contributed by atoms with E-state index in [1.807, 2.05) is 6.92 Å². The molecule has 0 bridgehead atoms. The second kappa shape index (κ2) is 11.0. The molecule has 164 valence electrons. The highest BCUT2D eigenvalue weighted by molar-refractivity contribution is 7.16. The summed E-state index contributed by atoms with van der Waals surface area (Å²) in [5, 5.41) is 3.44. The van der Waals surface area contributed by atoms with Crippen LogP contribution in [0, 0.1) is 12.7 Å². The van der Waals surface area contributed by atoms with Gasteiger partial charge in [0.2, 0.25) is 0 Å². The predicted molar refractivity (Wildman–Crippen MR) is 123 cm³/mol. The molecule has 9 heteroatoms. The molecule has 1 amide bonds. The monoisotopic (exact) mass is 460 g/mol. The first kappa shape index (κ1) is 22.9. The van der Waals surface area contributed by atoms with Crippen LogP contribution < -0.4 is 15.6 Å². The van der Waals surface area contributed by atoms with Crippen LogP contribution in [0.25, 0.3) is 5.00 Å². The first-order valence-electron chi connectivity index (χ1n) is 10.0. The molecule has 2 aromatic heterocycles. The van der Waals surface area contributed by atoms with E-state index >= 15 is 0 Å². The summed E-state index contributed by atoms with van der Waals surface area (Å²) in [6, 6.07) is 11.1. The molecule has 6 nitrogen and oxygen atoms in total. The van der Waals surface area contributed by atoms with Crippen LogP contribution in [0.1, 0.15) is 27.2 Å². The van der Waals surface area contributed by atoms with Gasteiger partial charge in [-0.15, -0.1) is 11.3 Å². The number of carbonyl (C=O) groups excluding carboxylic acids is 1. The SMILES string of the molecule is C[SiH2]OCCCOc1ccn(-c2cc(C)c(C(=O)NCc3cccc(F)c3)s2)c(=O)c1. The van der Waals surface area contributed by atoms with Crippen molar-refractivity contribution in [1.29, 1.82) is 0 Å². The van der Waals surface area contributed by atoms with Crippen molar-refractivity contribution in [3.8, 4) is 10.8 Å². The Bertz CT molecular complexity index is 1100. The third-order valence-corrected chi connectivity index (χ3v) is 6.42. The minimum absolute atomic E-state index is 0.223. The van der Waals surface area contributed by atoms with Crippen LogP contribution in [0.3, 0.4) is 0 Å². The second-order valence-corrected chi connectivity index (χ2v) is 8.90. The highest BCUT2D eigenvalue weighted by Gasteiger charge is 2.15. The lowest BCUT2D eigenvalue weighted by atomic mass is 10.2. The van der Waals surface area contributed by atoms with Crippen LogP contribution in [-0.4, -0.2) is 33.5 Å². The summed E-state index contributed by atoms with van der Waals surface area (Å²) in [6.07, 6.45) is 2.43. The maximum atomic E-state index is 13.3. The van der Waals surface area contributed by atoms with Crippen molar-refractivity contribution in [2.45, 2.75) is 26.4 Å². The summed E-state index contributed by atoms with van der Waals surface area (Å²) in [5.74, 6) is -0.0937. The van der Waals surface area contributed by atoms with Gasteiger partial charge < -0.3 is 14.5 Å². The third kappa shape index (κ3) is 6.36. The van der Waals surface area contributed by atoms with E-state index in [0.717, 1.165) is 12.0 Å². The largest absolute Gasteiger partial charge is 0.493 e. The molecule has 0 aliphatic rings. The number of hydrogen-bond donors (Lipinski definition) is 1. The Balaban J connectivity index is 1.65. The Hall–Kier alpha value is -2.75. The Labute approximate surface area is 186 Å². The zero-order valence-corrected chi connectivity index (χ0v) is 19.8. The first-order chi connectivity index (χ1) is 15.0. The minimum Gasteiger partial charge on any atom is -0.493 e. The lowest BCUT2D eigenvalue weighted by Gasteiger charge is -2.08. The van der Waals surface area contributed by atoms with Gasteiger partial charge in [-0.25, -0.2) is 4.39 Å². The number of halogens is 1. The summed E-state index contributed by atoms with van der Waals surface area (Å²) in [5.41, 5.74) is 1.21. The van der Waals surface area contributed by atoms with E-state index in [0.29, 0.717) is 34.4 Å². The molecule has 0 aliphatic carbocycles. The molecule has 31 heavy (non-hydrogen) atoms. The topological polar surface area (TPSA) is 69.6 Å². The van der Waals surface area contributed by atoms with E-state index < -0.39 is 9.76 Å². The van der Waals surface area contributed by atoms with Gasteiger partial charge in [0.25, 0.3) is 11.5 Å². The third-order valence-electron chi connectivity index (χ3n) is 4.49. The van der Waals surface area contributed by atoms with Crippen molar-refractivity contribution < 1.29 is 18.3 Å². The predicted octanol–water partition coefficient (Wildman–Crippen LogP) is 3.19. The molecule has 2 heterocycles. The summed E-state index contributed by atoms with van der Waals surface area (Å²) >= 11 is 1.23. The normalized spacial score (nSPS) is 11.2. The number of benzene rings is 1. The Morgan fingerprint density at radius 3 is 2.81 bits per heavy atom. The van der Waals surface area contributed by atoms with Gasteiger partial charge in [-0.05, 0) is 42.3 Å². The summed E-state index contributed by atoms with van der Waals surface area (Å²) < 4.78 is 25.8. The van der Waals surface area contributed by atoms with Gasteiger partial charge in [-0.2, -0.15) is 0 Å². The number of carbonyl (C=O) groups is 1. The molecule has 0 radical (unpaired) electrons. The highest BCUT2D eigenvalue weighted by atomic mass is 32.1. The number of hydrogen-bond acceptors (Lipinski definition) is 5. The molecule has 0 saturated heterocycles. The van der Waals surface area contributed by atoms with Crippen molar-refractivity contribution in [1.82, 2.24) is 9.88 Å². The lowest BCUT2D eigenvalue weighted by Crippen LogP contribution is -2.22. The van der Waals surface area contributed by atoms with E-state index in [-0.39, 0.29) is 23.8 Å². The fourth-order valence-corrected chi connectivity index (χ4v) is 4.52. The molecule has 3 aromatic rings. The van der Waals surface area contributed by atoms with Crippen molar-refractivity contribution in [2.24, 2.45) is 0 Å². The number of pyridine rings is 1. The average molecular weight is 461 g/mol. The van der Waals surface area contributed by atoms with Crippen LogP contribution in [-0.2, 0) is 11.0 Å². The average Bonchev–Trinajstić information content (AvgIpc) is 3.13. The number of thiophene rings is 1. The van der Waals surface area contributed by atoms with Crippen LogP contribution in [0.2, 0.25) is 6.55 Å². The zero-order chi connectivity index (χ0) is 22.2. The number of nitrogens with one attached hydrogen (secondary N) is 1. The quantitative estimate of drug-likeness (QED) is 0.373. The number of nitrogens with zero attached hydrogens (tertiary/aromatic N) is 1. The Morgan fingerprint density at radius 2 is 2.06 bits per heavy atom. The van der Waals surface area contributed by atoms with Gasteiger partial charge in [0, 0.05) is 31.8 Å². The first-order valence-corrected chi connectivity index (χ1v) is 12.9. The molecule has 0 unspecified atom stereocenters. The number of aryl methyl sites for hydroxylation is 1. The minimum atomic E-state index is -0.396. The van der Waals surface area contributed by atoms with E-state index in [2.05, 4.69) is 11.9 Å².